The summed E-state index contributed by atoms with van der Waals surface area (Å²) in [5.41, 5.74) is 3.29. The standard InChI is InChI=1S/C24H18ClN3O2S/c1-14(29)28-20(21-7-4-12-31-21)13-19(27-28)23-22(15-8-10-16(25)11-9-15)17-5-2-3-6-18(17)26-24(23)30/h2-12,20H,13H2,1H3,(H,26,30)/t20-/m0/s1. The molecule has 154 valence electrons. The van der Waals surface area contributed by atoms with Crippen molar-refractivity contribution in [3.8, 4) is 11.1 Å². The number of nitrogens with zero attached hydrogens (tertiary/aromatic N) is 2. The summed E-state index contributed by atoms with van der Waals surface area (Å²) in [6.07, 6.45) is 0.474. The summed E-state index contributed by atoms with van der Waals surface area (Å²) in [6, 6.07) is 18.9. The molecule has 0 saturated heterocycles. The van der Waals surface area contributed by atoms with Gasteiger partial charge in [0.15, 0.2) is 0 Å². The third-order valence-electron chi connectivity index (χ3n) is 5.45. The highest BCUT2D eigenvalue weighted by atomic mass is 35.5. The van der Waals surface area contributed by atoms with Gasteiger partial charge in [0.1, 0.15) is 0 Å². The number of para-hydroxylation sites is 1. The lowest BCUT2D eigenvalue weighted by Gasteiger charge is -2.18. The van der Waals surface area contributed by atoms with Crippen molar-refractivity contribution in [1.82, 2.24) is 9.99 Å². The fourth-order valence-corrected chi connectivity index (χ4v) is 5.03. The Labute approximate surface area is 187 Å². The summed E-state index contributed by atoms with van der Waals surface area (Å²) in [5, 5.41) is 9.63. The van der Waals surface area contributed by atoms with Gasteiger partial charge in [-0.1, -0.05) is 48.0 Å². The number of aromatic nitrogens is 1. The van der Waals surface area contributed by atoms with Crippen molar-refractivity contribution in [2.45, 2.75) is 19.4 Å². The smallest absolute Gasteiger partial charge is 0.258 e. The van der Waals surface area contributed by atoms with E-state index in [1.807, 2.05) is 66.0 Å². The minimum atomic E-state index is -0.224. The van der Waals surface area contributed by atoms with Crippen LogP contribution < -0.4 is 5.56 Å². The van der Waals surface area contributed by atoms with Crippen LogP contribution in [0.3, 0.4) is 0 Å². The molecule has 5 rings (SSSR count). The van der Waals surface area contributed by atoms with Crippen LogP contribution in [0.1, 0.15) is 29.8 Å². The average Bonchev–Trinajstić information content (AvgIpc) is 3.43. The molecule has 5 nitrogen and oxygen atoms in total. The largest absolute Gasteiger partial charge is 0.321 e. The molecule has 1 atom stereocenters. The van der Waals surface area contributed by atoms with Crippen molar-refractivity contribution in [2.24, 2.45) is 5.10 Å². The first kappa shape index (κ1) is 19.7. The lowest BCUT2D eigenvalue weighted by atomic mass is 9.92. The number of hydrazone groups is 1. The molecular weight excluding hydrogens is 430 g/mol. The first-order chi connectivity index (χ1) is 15.0. The molecule has 0 bridgehead atoms. The Kier molecular flexibility index (Phi) is 4.96. The highest BCUT2D eigenvalue weighted by molar-refractivity contribution is 7.10. The number of aromatic amines is 1. The first-order valence-corrected chi connectivity index (χ1v) is 11.1. The second-order valence-corrected chi connectivity index (χ2v) is 8.82. The molecule has 0 aliphatic carbocycles. The van der Waals surface area contributed by atoms with Crippen LogP contribution in [0.4, 0.5) is 0 Å². The molecule has 0 unspecified atom stereocenters. The molecule has 1 amide bonds. The number of hydrogen-bond acceptors (Lipinski definition) is 4. The number of rotatable bonds is 3. The maximum absolute atomic E-state index is 13.3. The number of pyridine rings is 1. The van der Waals surface area contributed by atoms with Gasteiger partial charge >= 0.3 is 0 Å². The van der Waals surface area contributed by atoms with E-state index in [1.165, 1.54) is 11.9 Å². The monoisotopic (exact) mass is 447 g/mol. The predicted molar refractivity (Wildman–Crippen MR) is 126 cm³/mol. The van der Waals surface area contributed by atoms with Crippen LogP contribution in [0.2, 0.25) is 5.02 Å². The fourth-order valence-electron chi connectivity index (χ4n) is 4.09. The number of amides is 1. The highest BCUT2D eigenvalue weighted by Crippen LogP contribution is 2.38. The normalized spacial score (nSPS) is 16.0. The van der Waals surface area contributed by atoms with E-state index in [2.05, 4.69) is 10.1 Å². The van der Waals surface area contributed by atoms with Gasteiger partial charge in [-0.05, 0) is 35.2 Å². The van der Waals surface area contributed by atoms with Crippen molar-refractivity contribution in [3.63, 3.8) is 0 Å². The summed E-state index contributed by atoms with van der Waals surface area (Å²) >= 11 is 7.69. The SMILES string of the molecule is CC(=O)N1N=C(c2c(-c3ccc(Cl)cc3)c3ccccc3[nH]c2=O)C[C@H]1c1cccs1. The van der Waals surface area contributed by atoms with Crippen LogP contribution in [0.5, 0.6) is 0 Å². The van der Waals surface area contributed by atoms with Crippen molar-refractivity contribution < 1.29 is 4.79 Å². The van der Waals surface area contributed by atoms with Crippen molar-refractivity contribution in [1.29, 1.82) is 0 Å². The molecule has 1 N–H and O–H groups in total. The Bertz CT molecular complexity index is 1370. The Hall–Kier alpha value is -3.22. The predicted octanol–water partition coefficient (Wildman–Crippen LogP) is 5.61. The number of fused-ring (bicyclic) bond motifs is 1. The Morgan fingerprint density at radius 1 is 1.10 bits per heavy atom. The third kappa shape index (κ3) is 3.48. The van der Waals surface area contributed by atoms with Crippen LogP contribution in [-0.2, 0) is 4.79 Å². The Morgan fingerprint density at radius 2 is 1.87 bits per heavy atom. The topological polar surface area (TPSA) is 65.5 Å². The summed E-state index contributed by atoms with van der Waals surface area (Å²) in [6.45, 7) is 1.50. The Balaban J connectivity index is 1.75. The Morgan fingerprint density at radius 3 is 2.58 bits per heavy atom. The molecule has 1 aliphatic heterocycles. The zero-order valence-corrected chi connectivity index (χ0v) is 18.2. The van der Waals surface area contributed by atoms with Gasteiger partial charge in [0.2, 0.25) is 5.91 Å². The molecule has 3 heterocycles. The van der Waals surface area contributed by atoms with Crippen molar-refractivity contribution in [2.75, 3.05) is 0 Å². The molecule has 2 aromatic heterocycles. The molecule has 2 aromatic carbocycles. The van der Waals surface area contributed by atoms with Gasteiger partial charge in [-0.25, -0.2) is 5.01 Å². The molecule has 7 heteroatoms. The molecule has 0 saturated carbocycles. The van der Waals surface area contributed by atoms with Crippen LogP contribution >= 0.6 is 22.9 Å². The maximum Gasteiger partial charge on any atom is 0.258 e. The number of nitrogens with one attached hydrogen (secondary N) is 1. The van der Waals surface area contributed by atoms with Gasteiger partial charge in [0.05, 0.1) is 17.3 Å². The molecule has 0 radical (unpaired) electrons. The fraction of sp³-hybridized carbons (Fsp3) is 0.125. The number of H-pyrrole nitrogens is 1. The van der Waals surface area contributed by atoms with E-state index in [9.17, 15) is 9.59 Å². The zero-order valence-electron chi connectivity index (χ0n) is 16.6. The van der Waals surface area contributed by atoms with Crippen LogP contribution in [0.15, 0.2) is 75.9 Å². The van der Waals surface area contributed by atoms with Gasteiger partial charge in [0.25, 0.3) is 5.56 Å². The zero-order chi connectivity index (χ0) is 21.5. The third-order valence-corrected chi connectivity index (χ3v) is 6.67. The van der Waals surface area contributed by atoms with E-state index in [-0.39, 0.29) is 17.5 Å². The van der Waals surface area contributed by atoms with Gasteiger partial charge in [-0.3, -0.25) is 9.59 Å². The van der Waals surface area contributed by atoms with Crippen LogP contribution in [0.25, 0.3) is 22.0 Å². The van der Waals surface area contributed by atoms with E-state index in [4.69, 9.17) is 11.6 Å². The lowest BCUT2D eigenvalue weighted by molar-refractivity contribution is -0.130. The molecular formula is C24H18ClN3O2S. The highest BCUT2D eigenvalue weighted by Gasteiger charge is 2.34. The molecule has 0 fully saturated rings. The number of halogens is 1. The van der Waals surface area contributed by atoms with Crippen LogP contribution in [0, 0.1) is 0 Å². The molecule has 31 heavy (non-hydrogen) atoms. The van der Waals surface area contributed by atoms with Gasteiger partial charge in [0, 0.05) is 39.7 Å². The van der Waals surface area contributed by atoms with Crippen molar-refractivity contribution in [3.05, 3.63) is 91.9 Å². The first-order valence-electron chi connectivity index (χ1n) is 9.85. The summed E-state index contributed by atoms with van der Waals surface area (Å²) in [7, 11) is 0. The minimum absolute atomic E-state index is 0.154. The van der Waals surface area contributed by atoms with Crippen LogP contribution in [-0.4, -0.2) is 21.6 Å². The second kappa shape index (κ2) is 7.80. The van der Waals surface area contributed by atoms with Gasteiger partial charge < -0.3 is 4.98 Å². The number of thiophene rings is 1. The summed E-state index contributed by atoms with van der Waals surface area (Å²) in [5.74, 6) is -0.154. The van der Waals surface area contributed by atoms with E-state index in [0.29, 0.717) is 22.7 Å². The number of hydrogen-bond donors (Lipinski definition) is 1. The van der Waals surface area contributed by atoms with E-state index in [0.717, 1.165) is 26.9 Å². The van der Waals surface area contributed by atoms with Gasteiger partial charge in [-0.2, -0.15) is 5.10 Å². The molecule has 1 aliphatic rings. The summed E-state index contributed by atoms with van der Waals surface area (Å²) < 4.78 is 0. The number of carbonyl (C=O) groups is 1. The lowest BCUT2D eigenvalue weighted by Crippen LogP contribution is -2.23. The summed E-state index contributed by atoms with van der Waals surface area (Å²) in [4.78, 5) is 29.7. The van der Waals surface area contributed by atoms with Gasteiger partial charge in [-0.15, -0.1) is 11.3 Å². The van der Waals surface area contributed by atoms with Crippen molar-refractivity contribution >= 4 is 45.5 Å². The quantitative estimate of drug-likeness (QED) is 0.443. The number of benzene rings is 2. The number of carbonyl (C=O) groups excluding carboxylic acids is 1. The van der Waals surface area contributed by atoms with E-state index in [1.54, 1.807) is 11.3 Å². The molecule has 0 spiro atoms. The molecule has 4 aromatic rings. The van der Waals surface area contributed by atoms with E-state index >= 15 is 0 Å². The maximum atomic E-state index is 13.3. The average molecular weight is 448 g/mol. The van der Waals surface area contributed by atoms with E-state index < -0.39 is 0 Å². The minimum Gasteiger partial charge on any atom is -0.321 e. The second-order valence-electron chi connectivity index (χ2n) is 7.40.